The van der Waals surface area contributed by atoms with Gasteiger partial charge in [-0.2, -0.15) is 0 Å². The van der Waals surface area contributed by atoms with Crippen molar-refractivity contribution >= 4 is 17.3 Å². The molecule has 3 aromatic rings. The highest BCUT2D eigenvalue weighted by Gasteiger charge is 2.18. The van der Waals surface area contributed by atoms with Gasteiger partial charge in [-0.25, -0.2) is 8.78 Å². The molecule has 3 aromatic carbocycles. The van der Waals surface area contributed by atoms with Gasteiger partial charge in [-0.05, 0) is 42.8 Å². The number of amides is 1. The zero-order valence-electron chi connectivity index (χ0n) is 16.2. The number of hydrogen-bond acceptors (Lipinski definition) is 3. The number of methoxy groups -OCH3 is 1. The number of carbonyl (C=O) groups is 1. The van der Waals surface area contributed by atoms with Gasteiger partial charge in [0.1, 0.15) is 29.1 Å². The molecule has 0 unspecified atom stereocenters. The highest BCUT2D eigenvalue weighted by molar-refractivity contribution is 5.96. The van der Waals surface area contributed by atoms with E-state index < -0.39 is 29.3 Å². The highest BCUT2D eigenvalue weighted by Crippen LogP contribution is 2.26. The molecule has 1 amide bonds. The molecular weight excluding hydrogens is 374 g/mol. The van der Waals surface area contributed by atoms with Crippen LogP contribution < -0.4 is 15.4 Å². The molecule has 0 spiro atoms. The van der Waals surface area contributed by atoms with Crippen LogP contribution in [0.2, 0.25) is 0 Å². The summed E-state index contributed by atoms with van der Waals surface area (Å²) in [4.78, 5) is 12.4. The number of ether oxygens (including phenoxy) is 1. The maximum atomic E-state index is 13.8. The molecule has 1 atom stereocenters. The van der Waals surface area contributed by atoms with Gasteiger partial charge in [-0.15, -0.1) is 0 Å². The number of halogens is 2. The molecule has 0 aliphatic carbocycles. The fourth-order valence-electron chi connectivity index (χ4n) is 2.99. The second-order valence-electron chi connectivity index (χ2n) is 6.64. The Morgan fingerprint density at radius 1 is 1.00 bits per heavy atom. The Hall–Kier alpha value is -3.41. The van der Waals surface area contributed by atoms with Crippen LogP contribution in [-0.4, -0.2) is 19.1 Å². The van der Waals surface area contributed by atoms with Crippen LogP contribution in [0.25, 0.3) is 0 Å². The number of hydrogen-bond donors (Lipinski definition) is 2. The van der Waals surface area contributed by atoms with E-state index in [0.717, 1.165) is 29.0 Å². The standard InChI is InChI=1S/C23H22F2N2O2/c1-15(23(28)27-22-19(24)9-6-10-20(22)25)26-18-11-12-21(29-2)17(14-18)13-16-7-4-3-5-8-16/h3-12,14-15,26H,13H2,1-2H3,(H,27,28)/t15-/m1/s1. The predicted octanol–water partition coefficient (Wildman–Crippen LogP) is 5.00. The summed E-state index contributed by atoms with van der Waals surface area (Å²) in [5.41, 5.74) is 2.33. The maximum absolute atomic E-state index is 13.8. The number of nitrogens with one attached hydrogen (secondary N) is 2. The molecule has 6 heteroatoms. The van der Waals surface area contributed by atoms with E-state index >= 15 is 0 Å². The summed E-state index contributed by atoms with van der Waals surface area (Å²) in [7, 11) is 1.61. The fraction of sp³-hybridized carbons (Fsp3) is 0.174. The molecule has 3 rings (SSSR count). The van der Waals surface area contributed by atoms with Crippen LogP contribution in [0, 0.1) is 11.6 Å². The summed E-state index contributed by atoms with van der Waals surface area (Å²) in [6, 6.07) is 18.2. The second-order valence-corrected chi connectivity index (χ2v) is 6.64. The first kappa shape index (κ1) is 20.3. The Bertz CT molecular complexity index is 973. The number of rotatable bonds is 7. The minimum Gasteiger partial charge on any atom is -0.496 e. The highest BCUT2D eigenvalue weighted by atomic mass is 19.1. The van der Waals surface area contributed by atoms with E-state index in [2.05, 4.69) is 10.6 Å². The van der Waals surface area contributed by atoms with Crippen molar-refractivity contribution in [3.63, 3.8) is 0 Å². The van der Waals surface area contributed by atoms with Gasteiger partial charge in [0.2, 0.25) is 5.91 Å². The zero-order valence-corrected chi connectivity index (χ0v) is 16.2. The fourth-order valence-corrected chi connectivity index (χ4v) is 2.99. The molecule has 150 valence electrons. The number of carbonyl (C=O) groups excluding carboxylic acids is 1. The maximum Gasteiger partial charge on any atom is 0.246 e. The smallest absolute Gasteiger partial charge is 0.246 e. The molecule has 0 aromatic heterocycles. The van der Waals surface area contributed by atoms with Crippen LogP contribution in [0.15, 0.2) is 66.7 Å². The van der Waals surface area contributed by atoms with Gasteiger partial charge in [0.15, 0.2) is 0 Å². The summed E-state index contributed by atoms with van der Waals surface area (Å²) < 4.78 is 33.0. The molecule has 29 heavy (non-hydrogen) atoms. The van der Waals surface area contributed by atoms with Crippen molar-refractivity contribution in [3.05, 3.63) is 89.5 Å². The number of para-hydroxylation sites is 1. The van der Waals surface area contributed by atoms with Crippen LogP contribution >= 0.6 is 0 Å². The van der Waals surface area contributed by atoms with Gasteiger partial charge in [0.25, 0.3) is 0 Å². The Balaban J connectivity index is 1.73. The molecule has 0 saturated carbocycles. The number of anilines is 2. The van der Waals surface area contributed by atoms with Crippen molar-refractivity contribution < 1.29 is 18.3 Å². The zero-order chi connectivity index (χ0) is 20.8. The summed E-state index contributed by atoms with van der Waals surface area (Å²) in [5.74, 6) is -1.44. The predicted molar refractivity (Wildman–Crippen MR) is 110 cm³/mol. The van der Waals surface area contributed by atoms with Crippen molar-refractivity contribution in [2.24, 2.45) is 0 Å². The van der Waals surface area contributed by atoms with Crippen molar-refractivity contribution in [1.29, 1.82) is 0 Å². The lowest BCUT2D eigenvalue weighted by molar-refractivity contribution is -0.116. The second kappa shape index (κ2) is 9.19. The topological polar surface area (TPSA) is 50.4 Å². The third kappa shape index (κ3) is 5.10. The molecule has 4 nitrogen and oxygen atoms in total. The summed E-state index contributed by atoms with van der Waals surface area (Å²) in [6.45, 7) is 1.62. The first-order valence-corrected chi connectivity index (χ1v) is 9.20. The monoisotopic (exact) mass is 396 g/mol. The molecule has 0 aliphatic rings. The third-order valence-electron chi connectivity index (χ3n) is 4.51. The van der Waals surface area contributed by atoms with Crippen LogP contribution in [0.3, 0.4) is 0 Å². The van der Waals surface area contributed by atoms with Gasteiger partial charge < -0.3 is 15.4 Å². The molecule has 2 N–H and O–H groups in total. The number of benzene rings is 3. The van der Waals surface area contributed by atoms with Crippen LogP contribution in [-0.2, 0) is 11.2 Å². The van der Waals surface area contributed by atoms with E-state index in [1.54, 1.807) is 20.1 Å². The Labute approximate surface area is 168 Å². The van der Waals surface area contributed by atoms with Crippen LogP contribution in [0.5, 0.6) is 5.75 Å². The summed E-state index contributed by atoms with van der Waals surface area (Å²) >= 11 is 0. The molecule has 0 saturated heterocycles. The SMILES string of the molecule is COc1ccc(N[C@H](C)C(=O)Nc2c(F)cccc2F)cc1Cc1ccccc1. The Kier molecular flexibility index (Phi) is 6.44. The van der Waals surface area contributed by atoms with Crippen molar-refractivity contribution in [2.45, 2.75) is 19.4 Å². The molecule has 0 aliphatic heterocycles. The van der Waals surface area contributed by atoms with Crippen LogP contribution in [0.1, 0.15) is 18.1 Å². The minimum atomic E-state index is -0.819. The van der Waals surface area contributed by atoms with Crippen molar-refractivity contribution in [1.82, 2.24) is 0 Å². The summed E-state index contributed by atoms with van der Waals surface area (Å²) in [5, 5.41) is 5.37. The molecule has 0 heterocycles. The quantitative estimate of drug-likeness (QED) is 0.591. The van der Waals surface area contributed by atoms with E-state index in [1.807, 2.05) is 42.5 Å². The average Bonchev–Trinajstić information content (AvgIpc) is 2.71. The van der Waals surface area contributed by atoms with Crippen molar-refractivity contribution in [3.8, 4) is 5.75 Å². The minimum absolute atomic E-state index is 0.453. The third-order valence-corrected chi connectivity index (χ3v) is 4.51. The van der Waals surface area contributed by atoms with Gasteiger partial charge >= 0.3 is 0 Å². The van der Waals surface area contributed by atoms with Crippen LogP contribution in [0.4, 0.5) is 20.2 Å². The van der Waals surface area contributed by atoms with Crippen molar-refractivity contribution in [2.75, 3.05) is 17.7 Å². The molecule has 0 fully saturated rings. The van der Waals surface area contributed by atoms with E-state index in [0.29, 0.717) is 12.1 Å². The Morgan fingerprint density at radius 3 is 2.34 bits per heavy atom. The summed E-state index contributed by atoms with van der Waals surface area (Å²) in [6.07, 6.45) is 0.667. The van der Waals surface area contributed by atoms with Gasteiger partial charge in [0, 0.05) is 17.7 Å². The normalized spacial score (nSPS) is 11.6. The van der Waals surface area contributed by atoms with E-state index in [9.17, 15) is 13.6 Å². The van der Waals surface area contributed by atoms with Gasteiger partial charge in [0.05, 0.1) is 7.11 Å². The molecule has 0 radical (unpaired) electrons. The average molecular weight is 396 g/mol. The first-order chi connectivity index (χ1) is 14.0. The lowest BCUT2D eigenvalue weighted by atomic mass is 10.0. The lowest BCUT2D eigenvalue weighted by Gasteiger charge is -2.17. The molecule has 0 bridgehead atoms. The Morgan fingerprint density at radius 2 is 1.69 bits per heavy atom. The van der Waals surface area contributed by atoms with E-state index in [4.69, 9.17) is 4.74 Å². The van der Waals surface area contributed by atoms with E-state index in [1.165, 1.54) is 6.07 Å². The first-order valence-electron chi connectivity index (χ1n) is 9.20. The largest absolute Gasteiger partial charge is 0.496 e. The van der Waals surface area contributed by atoms with Gasteiger partial charge in [-0.1, -0.05) is 36.4 Å². The molecular formula is C23H22F2N2O2. The lowest BCUT2D eigenvalue weighted by Crippen LogP contribution is -2.32. The van der Waals surface area contributed by atoms with Gasteiger partial charge in [-0.3, -0.25) is 4.79 Å². The van der Waals surface area contributed by atoms with E-state index in [-0.39, 0.29) is 0 Å².